The van der Waals surface area contributed by atoms with Crippen molar-refractivity contribution in [1.29, 1.82) is 0 Å². The van der Waals surface area contributed by atoms with Crippen LogP contribution in [-0.4, -0.2) is 47.4 Å². The molecule has 0 aromatic heterocycles. The number of fused-ring (bicyclic) bond motifs is 3. The fraction of sp³-hybridized carbons (Fsp3) is 0.472. The van der Waals surface area contributed by atoms with E-state index in [0.717, 1.165) is 25.7 Å². The van der Waals surface area contributed by atoms with Crippen molar-refractivity contribution in [3.63, 3.8) is 0 Å². The van der Waals surface area contributed by atoms with Crippen LogP contribution in [0.3, 0.4) is 0 Å². The molecule has 42 heavy (non-hydrogen) atoms. The lowest BCUT2D eigenvalue weighted by atomic mass is 9.71. The van der Waals surface area contributed by atoms with Gasteiger partial charge in [0.15, 0.2) is 0 Å². The minimum atomic E-state index is -0.585. The van der Waals surface area contributed by atoms with Crippen LogP contribution in [0.2, 0.25) is 6.32 Å². The Bertz CT molecular complexity index is 1400. The van der Waals surface area contributed by atoms with E-state index in [-0.39, 0.29) is 36.2 Å². The van der Waals surface area contributed by atoms with Crippen molar-refractivity contribution in [3.05, 3.63) is 95.6 Å². The SMILES string of the molecule is CC(C)(C)OC(=O)[C@@H]1[C@H](CCCB2OC(C)(C)C(C)(C)O2)CN1C1(c2ccccc2)c2ccccc2-c2ccccc21. The van der Waals surface area contributed by atoms with E-state index in [1.54, 1.807) is 0 Å². The molecular formula is C36H44BNO4. The number of benzene rings is 3. The van der Waals surface area contributed by atoms with Gasteiger partial charge in [-0.15, -0.1) is 0 Å². The summed E-state index contributed by atoms with van der Waals surface area (Å²) < 4.78 is 18.7. The van der Waals surface area contributed by atoms with E-state index in [1.165, 1.54) is 27.8 Å². The van der Waals surface area contributed by atoms with Crippen LogP contribution in [0.4, 0.5) is 0 Å². The second-order valence-electron chi connectivity index (χ2n) is 14.2. The smallest absolute Gasteiger partial charge is 0.457 e. The minimum Gasteiger partial charge on any atom is -0.459 e. The third-order valence-corrected chi connectivity index (χ3v) is 9.72. The molecule has 2 aliphatic heterocycles. The largest absolute Gasteiger partial charge is 0.459 e. The van der Waals surface area contributed by atoms with Gasteiger partial charge in [-0.25, -0.2) is 0 Å². The first kappa shape index (κ1) is 29.2. The first-order valence-electron chi connectivity index (χ1n) is 15.5. The van der Waals surface area contributed by atoms with E-state index < -0.39 is 11.1 Å². The standard InChI is InChI=1S/C36H44BNO4/c1-33(2,3)40-32(39)31-25(16-15-23-37-41-34(4,5)35(6,7)42-37)24-38(31)36(26-17-9-8-10-18-26)29-21-13-11-19-27(29)28-20-12-14-22-30(28)36/h8-14,17-22,25,31H,15-16,23-24H2,1-7H3/t25-,31+/m1/s1. The van der Waals surface area contributed by atoms with E-state index >= 15 is 0 Å². The summed E-state index contributed by atoms with van der Waals surface area (Å²) in [4.78, 5) is 16.5. The third-order valence-electron chi connectivity index (χ3n) is 9.72. The summed E-state index contributed by atoms with van der Waals surface area (Å²) in [5.74, 6) is 0.0225. The molecule has 2 fully saturated rings. The van der Waals surface area contributed by atoms with Gasteiger partial charge in [0, 0.05) is 6.54 Å². The number of esters is 1. The average molecular weight is 566 g/mol. The molecule has 0 unspecified atom stereocenters. The molecule has 2 heterocycles. The molecule has 0 amide bonds. The predicted octanol–water partition coefficient (Wildman–Crippen LogP) is 7.47. The van der Waals surface area contributed by atoms with Crippen molar-refractivity contribution in [2.45, 2.75) is 96.0 Å². The maximum absolute atomic E-state index is 14.1. The van der Waals surface area contributed by atoms with Gasteiger partial charge in [-0.05, 0) is 94.9 Å². The molecule has 2 saturated heterocycles. The third kappa shape index (κ3) is 4.72. The highest BCUT2D eigenvalue weighted by atomic mass is 16.7. The van der Waals surface area contributed by atoms with Gasteiger partial charge < -0.3 is 14.0 Å². The summed E-state index contributed by atoms with van der Waals surface area (Å²) in [5.41, 5.74) is 4.24. The van der Waals surface area contributed by atoms with Crippen LogP contribution in [0.5, 0.6) is 0 Å². The van der Waals surface area contributed by atoms with Crippen LogP contribution in [0.25, 0.3) is 11.1 Å². The Balaban J connectivity index is 1.36. The molecule has 3 aromatic carbocycles. The van der Waals surface area contributed by atoms with E-state index in [1.807, 2.05) is 20.8 Å². The monoisotopic (exact) mass is 565 g/mol. The molecule has 3 aromatic rings. The minimum absolute atomic E-state index is 0.147. The van der Waals surface area contributed by atoms with Gasteiger partial charge in [0.2, 0.25) is 0 Å². The number of hydrogen-bond acceptors (Lipinski definition) is 5. The Hall–Kier alpha value is -2.93. The van der Waals surface area contributed by atoms with Gasteiger partial charge in [-0.1, -0.05) is 85.3 Å². The summed E-state index contributed by atoms with van der Waals surface area (Å²) in [6.07, 6.45) is 2.62. The molecule has 6 rings (SSSR count). The molecule has 6 heteroatoms. The molecule has 3 aliphatic rings. The molecule has 220 valence electrons. The Labute approximate surface area is 251 Å². The van der Waals surface area contributed by atoms with Crippen LogP contribution >= 0.6 is 0 Å². The summed E-state index contributed by atoms with van der Waals surface area (Å²) in [6.45, 7) is 15.0. The zero-order valence-corrected chi connectivity index (χ0v) is 26.1. The Morgan fingerprint density at radius 2 is 1.38 bits per heavy atom. The molecular weight excluding hydrogens is 521 g/mol. The summed E-state index contributed by atoms with van der Waals surface area (Å²) in [5, 5.41) is 0. The fourth-order valence-corrected chi connectivity index (χ4v) is 7.17. The highest BCUT2D eigenvalue weighted by Crippen LogP contribution is 2.57. The van der Waals surface area contributed by atoms with Crippen molar-refractivity contribution in [2.75, 3.05) is 6.54 Å². The summed E-state index contributed by atoms with van der Waals surface area (Å²) in [7, 11) is -0.226. The Kier molecular flexibility index (Phi) is 7.19. The Morgan fingerprint density at radius 1 is 0.857 bits per heavy atom. The van der Waals surface area contributed by atoms with Gasteiger partial charge in [-0.2, -0.15) is 0 Å². The van der Waals surface area contributed by atoms with Gasteiger partial charge in [0.1, 0.15) is 11.6 Å². The zero-order chi connectivity index (χ0) is 29.9. The molecule has 1 aliphatic carbocycles. The van der Waals surface area contributed by atoms with Gasteiger partial charge in [0.05, 0.1) is 16.7 Å². The van der Waals surface area contributed by atoms with Crippen LogP contribution in [0, 0.1) is 5.92 Å². The van der Waals surface area contributed by atoms with E-state index in [9.17, 15) is 4.79 Å². The molecule has 0 radical (unpaired) electrons. The normalized spacial score (nSPS) is 23.6. The second kappa shape index (κ2) is 10.4. The van der Waals surface area contributed by atoms with Gasteiger partial charge >= 0.3 is 13.1 Å². The molecule has 0 N–H and O–H groups in total. The van der Waals surface area contributed by atoms with Crippen molar-refractivity contribution in [1.82, 2.24) is 4.90 Å². The lowest BCUT2D eigenvalue weighted by Gasteiger charge is -2.56. The maximum atomic E-state index is 14.1. The van der Waals surface area contributed by atoms with Crippen molar-refractivity contribution in [3.8, 4) is 11.1 Å². The number of likely N-dealkylation sites (tertiary alicyclic amines) is 1. The first-order chi connectivity index (χ1) is 19.8. The van der Waals surface area contributed by atoms with Gasteiger partial charge in [0.25, 0.3) is 0 Å². The first-order valence-corrected chi connectivity index (χ1v) is 15.5. The number of carbonyl (C=O) groups is 1. The highest BCUT2D eigenvalue weighted by molar-refractivity contribution is 6.45. The van der Waals surface area contributed by atoms with Crippen LogP contribution < -0.4 is 0 Å². The Morgan fingerprint density at radius 3 is 1.93 bits per heavy atom. The molecule has 0 spiro atoms. The molecule has 0 saturated carbocycles. The van der Waals surface area contributed by atoms with Crippen molar-refractivity contribution in [2.24, 2.45) is 5.92 Å². The number of hydrogen-bond donors (Lipinski definition) is 0. The quantitative estimate of drug-likeness (QED) is 0.220. The van der Waals surface area contributed by atoms with Crippen LogP contribution in [-0.2, 0) is 24.4 Å². The lowest BCUT2D eigenvalue weighted by Crippen LogP contribution is -2.68. The zero-order valence-electron chi connectivity index (χ0n) is 26.1. The summed E-state index contributed by atoms with van der Waals surface area (Å²) in [6, 6.07) is 27.6. The van der Waals surface area contributed by atoms with E-state index in [2.05, 4.69) is 111 Å². The maximum Gasteiger partial charge on any atom is 0.457 e. The number of carbonyl (C=O) groups excluding carboxylic acids is 1. The highest BCUT2D eigenvalue weighted by Gasteiger charge is 2.59. The fourth-order valence-electron chi connectivity index (χ4n) is 7.17. The topological polar surface area (TPSA) is 48.0 Å². The molecule has 0 bridgehead atoms. The molecule has 5 nitrogen and oxygen atoms in total. The van der Waals surface area contributed by atoms with Crippen LogP contribution in [0.15, 0.2) is 78.9 Å². The van der Waals surface area contributed by atoms with Gasteiger partial charge in [-0.3, -0.25) is 9.69 Å². The second-order valence-corrected chi connectivity index (χ2v) is 14.2. The van der Waals surface area contributed by atoms with Crippen LogP contribution in [0.1, 0.15) is 78.0 Å². The van der Waals surface area contributed by atoms with E-state index in [4.69, 9.17) is 14.0 Å². The number of rotatable bonds is 7. The lowest BCUT2D eigenvalue weighted by molar-refractivity contribution is -0.177. The average Bonchev–Trinajstić information content (AvgIpc) is 3.31. The number of ether oxygens (including phenoxy) is 1. The van der Waals surface area contributed by atoms with Crippen molar-refractivity contribution < 1.29 is 18.8 Å². The number of nitrogens with zero attached hydrogens (tertiary/aromatic N) is 1. The van der Waals surface area contributed by atoms with Crippen molar-refractivity contribution >= 4 is 13.1 Å². The molecule has 2 atom stereocenters. The summed E-state index contributed by atoms with van der Waals surface area (Å²) >= 11 is 0. The van der Waals surface area contributed by atoms with E-state index in [0.29, 0.717) is 0 Å². The predicted molar refractivity (Wildman–Crippen MR) is 168 cm³/mol.